The van der Waals surface area contributed by atoms with Crippen LogP contribution in [0, 0.1) is 0 Å². The largest absolute Gasteiger partial charge is 0.494 e. The van der Waals surface area contributed by atoms with Crippen molar-refractivity contribution < 1.29 is 70.2 Å². The molecule has 0 amide bonds. The van der Waals surface area contributed by atoms with Gasteiger partial charge in [0.1, 0.15) is 5.75 Å². The molecule has 0 saturated heterocycles. The van der Waals surface area contributed by atoms with Crippen LogP contribution in [0.2, 0.25) is 0 Å². The molecule has 2 aromatic carbocycles. The third-order valence-electron chi connectivity index (χ3n) is 6.57. The van der Waals surface area contributed by atoms with Gasteiger partial charge in [-0.1, -0.05) is 50.5 Å². The Kier molecular flexibility index (Phi) is 11.4. The zero-order chi connectivity index (χ0) is 33.8. The molecule has 3 nitrogen and oxygen atoms in total. The first-order chi connectivity index (χ1) is 20.0. The molecular weight excluding hydrogens is 651 g/mol. The van der Waals surface area contributed by atoms with E-state index in [1.807, 2.05) is 0 Å². The monoisotopic (exact) mass is 678 g/mol. The summed E-state index contributed by atoms with van der Waals surface area (Å²) in [5, 5.41) is 0. The number of sulfone groups is 1. The van der Waals surface area contributed by atoms with Crippen LogP contribution >= 0.6 is 0 Å². The van der Waals surface area contributed by atoms with Crippen molar-refractivity contribution in [3.05, 3.63) is 48.5 Å². The van der Waals surface area contributed by atoms with Crippen LogP contribution in [-0.2, 0) is 9.84 Å². The molecule has 17 heteroatoms. The van der Waals surface area contributed by atoms with E-state index in [2.05, 4.69) is 6.92 Å². The summed E-state index contributed by atoms with van der Waals surface area (Å²) in [6, 6.07) is 11.3. The van der Waals surface area contributed by atoms with Crippen molar-refractivity contribution >= 4 is 9.84 Å². The number of alkyl halides is 13. The lowest BCUT2D eigenvalue weighted by Crippen LogP contribution is -2.70. The third-order valence-corrected chi connectivity index (χ3v) is 8.39. The van der Waals surface area contributed by atoms with Gasteiger partial charge in [-0.25, -0.2) is 8.42 Å². The van der Waals surface area contributed by atoms with E-state index in [4.69, 9.17) is 4.74 Å². The fraction of sp³-hybridized carbons (Fsp3) is 0.556. The molecule has 250 valence electrons. The van der Waals surface area contributed by atoms with Crippen molar-refractivity contribution in [2.45, 2.75) is 86.1 Å². The number of rotatable bonds is 16. The molecule has 0 fully saturated rings. The van der Waals surface area contributed by atoms with E-state index in [0.717, 1.165) is 37.8 Å². The molecule has 0 aliphatic carbocycles. The minimum atomic E-state index is -8.00. The van der Waals surface area contributed by atoms with Gasteiger partial charge in [-0.05, 0) is 48.2 Å². The Labute approximate surface area is 244 Å². The first kappa shape index (κ1) is 37.5. The number of ether oxygens (including phenoxy) is 1. The van der Waals surface area contributed by atoms with E-state index >= 15 is 0 Å². The zero-order valence-corrected chi connectivity index (χ0v) is 23.6. The van der Waals surface area contributed by atoms with E-state index in [1.54, 1.807) is 24.3 Å². The highest BCUT2D eigenvalue weighted by Crippen LogP contribution is 2.60. The molecule has 0 unspecified atom stereocenters. The van der Waals surface area contributed by atoms with Crippen LogP contribution in [0.4, 0.5) is 57.1 Å². The second-order valence-electron chi connectivity index (χ2n) is 9.88. The summed E-state index contributed by atoms with van der Waals surface area (Å²) in [6.45, 7) is 2.58. The van der Waals surface area contributed by atoms with E-state index in [-0.39, 0.29) is 0 Å². The highest BCUT2D eigenvalue weighted by molar-refractivity contribution is 7.91. The first-order valence-corrected chi connectivity index (χ1v) is 14.6. The van der Waals surface area contributed by atoms with Crippen LogP contribution < -0.4 is 4.74 Å². The van der Waals surface area contributed by atoms with E-state index < -0.39 is 69.1 Å². The predicted molar refractivity (Wildman–Crippen MR) is 134 cm³/mol. The lowest BCUT2D eigenvalue weighted by molar-refractivity contribution is -0.440. The van der Waals surface area contributed by atoms with Crippen molar-refractivity contribution in [1.29, 1.82) is 0 Å². The molecule has 0 aromatic heterocycles. The second kappa shape index (κ2) is 13.3. The predicted octanol–water partition coefficient (Wildman–Crippen LogP) is 9.61. The normalized spacial score (nSPS) is 14.1. The summed E-state index contributed by atoms with van der Waals surface area (Å²) < 4.78 is 203. The Morgan fingerprint density at radius 2 is 1.07 bits per heavy atom. The quantitative estimate of drug-likeness (QED) is 0.131. The standard InChI is InChI=1S/C27H27F13O3S/c1-2-3-4-5-16-43-20-11-7-18(8-12-20)19-9-13-21(14-10-19)44(41,42)17-6-15-22(28,29)23(30,31)24(32,33)25(34,35)26(36,37)27(38,39)40/h7-14H,2-6,15-17H2,1H3. The van der Waals surface area contributed by atoms with Crippen LogP contribution in [0.25, 0.3) is 11.1 Å². The molecule has 0 saturated carbocycles. The number of hydrogen-bond acceptors (Lipinski definition) is 3. The molecule has 2 rings (SSSR count). The highest BCUT2D eigenvalue weighted by atomic mass is 32.2. The van der Waals surface area contributed by atoms with Crippen LogP contribution in [0.5, 0.6) is 5.75 Å². The number of unbranched alkanes of at least 4 members (excludes halogenated alkanes) is 3. The van der Waals surface area contributed by atoms with Crippen molar-refractivity contribution in [1.82, 2.24) is 0 Å². The van der Waals surface area contributed by atoms with E-state index in [9.17, 15) is 65.5 Å². The van der Waals surface area contributed by atoms with Crippen molar-refractivity contribution in [3.63, 3.8) is 0 Å². The van der Waals surface area contributed by atoms with Crippen molar-refractivity contribution in [2.75, 3.05) is 12.4 Å². The summed E-state index contributed by atoms with van der Waals surface area (Å²) in [6.07, 6.45) is -7.63. The van der Waals surface area contributed by atoms with Gasteiger partial charge in [-0.3, -0.25) is 0 Å². The molecule has 0 atom stereocenters. The molecular formula is C27H27F13O3S. The van der Waals surface area contributed by atoms with Gasteiger partial charge in [-0.15, -0.1) is 0 Å². The lowest BCUT2D eigenvalue weighted by Gasteiger charge is -2.39. The SMILES string of the molecule is CCCCCCOc1ccc(-c2ccc(S(=O)(=O)CCCC(F)(F)C(F)(F)C(F)(F)C(F)(F)C(F)(F)C(F)(F)F)cc2)cc1. The minimum absolute atomic E-state index is 0.489. The van der Waals surface area contributed by atoms with Crippen LogP contribution in [-0.4, -0.2) is 56.6 Å². The topological polar surface area (TPSA) is 43.4 Å². The van der Waals surface area contributed by atoms with Gasteiger partial charge >= 0.3 is 35.8 Å². The number of hydrogen-bond donors (Lipinski definition) is 0. The zero-order valence-electron chi connectivity index (χ0n) is 22.8. The maximum atomic E-state index is 14.0. The van der Waals surface area contributed by atoms with Crippen LogP contribution in [0.1, 0.15) is 45.4 Å². The average Bonchev–Trinajstić information content (AvgIpc) is 2.92. The molecule has 0 aliphatic rings. The van der Waals surface area contributed by atoms with Crippen molar-refractivity contribution in [2.24, 2.45) is 0 Å². The Morgan fingerprint density at radius 3 is 1.55 bits per heavy atom. The summed E-state index contributed by atoms with van der Waals surface area (Å²) in [5.74, 6) is -38.3. The Balaban J connectivity index is 2.09. The van der Waals surface area contributed by atoms with Gasteiger partial charge in [-0.2, -0.15) is 57.1 Å². The average molecular weight is 679 g/mol. The Bertz CT molecular complexity index is 1320. The van der Waals surface area contributed by atoms with Gasteiger partial charge in [0, 0.05) is 6.42 Å². The van der Waals surface area contributed by atoms with Gasteiger partial charge in [0.2, 0.25) is 0 Å². The summed E-state index contributed by atoms with van der Waals surface area (Å²) >= 11 is 0. The van der Waals surface area contributed by atoms with Gasteiger partial charge < -0.3 is 4.74 Å². The minimum Gasteiger partial charge on any atom is -0.494 e. The number of halogens is 13. The Hall–Kier alpha value is -2.72. The maximum Gasteiger partial charge on any atom is 0.460 e. The maximum absolute atomic E-state index is 14.0. The Morgan fingerprint density at radius 1 is 0.591 bits per heavy atom. The molecule has 44 heavy (non-hydrogen) atoms. The molecule has 0 aliphatic heterocycles. The molecule has 0 radical (unpaired) electrons. The van der Waals surface area contributed by atoms with Gasteiger partial charge in [0.05, 0.1) is 17.3 Å². The summed E-state index contributed by atoms with van der Waals surface area (Å²) in [7, 11) is -4.56. The summed E-state index contributed by atoms with van der Waals surface area (Å²) in [4.78, 5) is -0.523. The van der Waals surface area contributed by atoms with Gasteiger partial charge in [0.15, 0.2) is 9.84 Å². The van der Waals surface area contributed by atoms with Crippen LogP contribution in [0.3, 0.4) is 0 Å². The fourth-order valence-electron chi connectivity index (χ4n) is 3.88. The second-order valence-corrected chi connectivity index (χ2v) is 12.0. The lowest BCUT2D eigenvalue weighted by atomic mass is 9.92. The smallest absolute Gasteiger partial charge is 0.460 e. The number of benzene rings is 2. The highest BCUT2D eigenvalue weighted by Gasteiger charge is 2.90. The fourth-order valence-corrected chi connectivity index (χ4v) is 5.19. The van der Waals surface area contributed by atoms with E-state index in [1.165, 1.54) is 12.1 Å². The molecule has 0 spiro atoms. The third kappa shape index (κ3) is 7.56. The van der Waals surface area contributed by atoms with E-state index in [0.29, 0.717) is 23.5 Å². The first-order valence-electron chi connectivity index (χ1n) is 13.0. The van der Waals surface area contributed by atoms with Gasteiger partial charge in [0.25, 0.3) is 0 Å². The molecule has 0 N–H and O–H groups in total. The summed E-state index contributed by atoms with van der Waals surface area (Å²) in [5.41, 5.74) is 1.10. The molecule has 0 bridgehead atoms. The van der Waals surface area contributed by atoms with Crippen molar-refractivity contribution in [3.8, 4) is 16.9 Å². The molecule has 0 heterocycles. The van der Waals surface area contributed by atoms with Crippen LogP contribution in [0.15, 0.2) is 53.4 Å². The molecule has 2 aromatic rings.